The SMILES string of the molecule is Cc1c[nH]c2ncnc(N3CC4(CCNCC4)c4cc(F)ccc43)c12. The molecule has 0 radical (unpaired) electrons. The van der Waals surface area contributed by atoms with Crippen LogP contribution in [0, 0.1) is 12.7 Å². The molecule has 0 atom stereocenters. The van der Waals surface area contributed by atoms with E-state index in [2.05, 4.69) is 32.1 Å². The van der Waals surface area contributed by atoms with E-state index in [-0.39, 0.29) is 11.2 Å². The van der Waals surface area contributed by atoms with Crippen LogP contribution in [-0.2, 0) is 5.41 Å². The molecule has 0 aliphatic carbocycles. The second kappa shape index (κ2) is 5.26. The lowest BCUT2D eigenvalue weighted by molar-refractivity contribution is 0.328. The highest BCUT2D eigenvalue weighted by Gasteiger charge is 2.44. The molecule has 4 heterocycles. The van der Waals surface area contributed by atoms with Crippen molar-refractivity contribution in [2.45, 2.75) is 25.2 Å². The van der Waals surface area contributed by atoms with Gasteiger partial charge < -0.3 is 15.2 Å². The van der Waals surface area contributed by atoms with Gasteiger partial charge in [0.1, 0.15) is 23.6 Å². The van der Waals surface area contributed by atoms with Gasteiger partial charge in [-0.25, -0.2) is 14.4 Å². The first-order valence-electron chi connectivity index (χ1n) is 8.75. The van der Waals surface area contributed by atoms with Gasteiger partial charge in [-0.3, -0.25) is 0 Å². The van der Waals surface area contributed by atoms with E-state index in [1.807, 2.05) is 12.3 Å². The normalized spacial score (nSPS) is 18.9. The Labute approximate surface area is 145 Å². The third-order valence-electron chi connectivity index (χ3n) is 5.74. The number of aryl methyl sites for hydroxylation is 1. The minimum atomic E-state index is -0.163. The molecule has 3 aromatic rings. The van der Waals surface area contributed by atoms with Crippen molar-refractivity contribution in [1.29, 1.82) is 0 Å². The van der Waals surface area contributed by atoms with E-state index >= 15 is 0 Å². The van der Waals surface area contributed by atoms with Gasteiger partial charge in [0.2, 0.25) is 0 Å². The average molecular weight is 337 g/mol. The lowest BCUT2D eigenvalue weighted by Crippen LogP contribution is -2.42. The average Bonchev–Trinajstić information content (AvgIpc) is 3.15. The maximum atomic E-state index is 14.0. The molecule has 2 N–H and O–H groups in total. The second-order valence-corrected chi connectivity index (χ2v) is 7.17. The number of nitrogens with zero attached hydrogens (tertiary/aromatic N) is 3. The zero-order chi connectivity index (χ0) is 17.0. The maximum Gasteiger partial charge on any atom is 0.146 e. The molecular formula is C19H20FN5. The van der Waals surface area contributed by atoms with Gasteiger partial charge in [0.05, 0.1) is 5.39 Å². The number of hydrogen-bond donors (Lipinski definition) is 2. The number of halogens is 1. The predicted molar refractivity (Wildman–Crippen MR) is 95.8 cm³/mol. The Morgan fingerprint density at radius 1 is 1.20 bits per heavy atom. The Morgan fingerprint density at radius 2 is 2.04 bits per heavy atom. The van der Waals surface area contributed by atoms with E-state index in [1.54, 1.807) is 18.5 Å². The summed E-state index contributed by atoms with van der Waals surface area (Å²) >= 11 is 0. The fraction of sp³-hybridized carbons (Fsp3) is 0.368. The molecule has 25 heavy (non-hydrogen) atoms. The molecule has 0 saturated carbocycles. The molecule has 1 spiro atoms. The lowest BCUT2D eigenvalue weighted by Gasteiger charge is -2.34. The summed E-state index contributed by atoms with van der Waals surface area (Å²) in [4.78, 5) is 14.4. The van der Waals surface area contributed by atoms with Gasteiger partial charge in [-0.1, -0.05) is 0 Å². The third kappa shape index (κ3) is 2.10. The Hall–Kier alpha value is -2.47. The van der Waals surface area contributed by atoms with E-state index in [1.165, 1.54) is 0 Å². The first kappa shape index (κ1) is 14.8. The van der Waals surface area contributed by atoms with Crippen molar-refractivity contribution in [2.24, 2.45) is 0 Å². The second-order valence-electron chi connectivity index (χ2n) is 7.17. The van der Waals surface area contributed by atoms with Gasteiger partial charge in [0.25, 0.3) is 0 Å². The summed E-state index contributed by atoms with van der Waals surface area (Å²) in [5.41, 5.74) is 4.15. The first-order chi connectivity index (χ1) is 12.2. The fourth-order valence-electron chi connectivity index (χ4n) is 4.47. The summed E-state index contributed by atoms with van der Waals surface area (Å²) in [5, 5.41) is 4.47. The number of aromatic amines is 1. The van der Waals surface area contributed by atoms with Crippen molar-refractivity contribution >= 4 is 22.5 Å². The third-order valence-corrected chi connectivity index (χ3v) is 5.74. The van der Waals surface area contributed by atoms with Gasteiger partial charge in [0, 0.05) is 23.8 Å². The quantitative estimate of drug-likeness (QED) is 0.716. The summed E-state index contributed by atoms with van der Waals surface area (Å²) in [5.74, 6) is 0.746. The van der Waals surface area contributed by atoms with Crippen molar-refractivity contribution in [2.75, 3.05) is 24.5 Å². The summed E-state index contributed by atoms with van der Waals surface area (Å²) in [6.45, 7) is 4.83. The summed E-state index contributed by atoms with van der Waals surface area (Å²) < 4.78 is 14.0. The highest BCUT2D eigenvalue weighted by molar-refractivity contribution is 5.93. The van der Waals surface area contributed by atoms with Crippen molar-refractivity contribution in [3.05, 3.63) is 47.7 Å². The van der Waals surface area contributed by atoms with E-state index < -0.39 is 0 Å². The number of anilines is 2. The molecule has 1 fully saturated rings. The van der Waals surface area contributed by atoms with E-state index in [4.69, 9.17) is 0 Å². The predicted octanol–water partition coefficient (Wildman–Crippen LogP) is 3.18. The molecule has 5 nitrogen and oxygen atoms in total. The van der Waals surface area contributed by atoms with Crippen molar-refractivity contribution in [3.8, 4) is 0 Å². The number of benzene rings is 1. The van der Waals surface area contributed by atoms with Crippen LogP contribution in [0.15, 0.2) is 30.7 Å². The van der Waals surface area contributed by atoms with Crippen molar-refractivity contribution in [1.82, 2.24) is 20.3 Å². The Balaban J connectivity index is 1.72. The minimum Gasteiger partial charge on any atom is -0.346 e. The van der Waals surface area contributed by atoms with Crippen LogP contribution in [0.3, 0.4) is 0 Å². The highest BCUT2D eigenvalue weighted by atomic mass is 19.1. The molecule has 0 amide bonds. The molecule has 0 bridgehead atoms. The number of fused-ring (bicyclic) bond motifs is 3. The monoisotopic (exact) mass is 337 g/mol. The molecule has 2 aliphatic heterocycles. The number of piperidine rings is 1. The van der Waals surface area contributed by atoms with Crippen LogP contribution in [-0.4, -0.2) is 34.6 Å². The number of nitrogens with one attached hydrogen (secondary N) is 2. The van der Waals surface area contributed by atoms with Crippen LogP contribution in [0.25, 0.3) is 11.0 Å². The Bertz CT molecular complexity index is 958. The van der Waals surface area contributed by atoms with E-state index in [9.17, 15) is 4.39 Å². The number of H-pyrrole nitrogens is 1. The van der Waals surface area contributed by atoms with Crippen LogP contribution in [0.4, 0.5) is 15.9 Å². The van der Waals surface area contributed by atoms with Gasteiger partial charge in [-0.05, 0) is 62.2 Å². The fourth-order valence-corrected chi connectivity index (χ4v) is 4.47. The van der Waals surface area contributed by atoms with Gasteiger partial charge in [0.15, 0.2) is 0 Å². The van der Waals surface area contributed by atoms with Crippen molar-refractivity contribution < 1.29 is 4.39 Å². The van der Waals surface area contributed by atoms with Crippen LogP contribution in [0.5, 0.6) is 0 Å². The van der Waals surface area contributed by atoms with Crippen LogP contribution < -0.4 is 10.2 Å². The smallest absolute Gasteiger partial charge is 0.146 e. The van der Waals surface area contributed by atoms with E-state index in [0.717, 1.165) is 66.1 Å². The largest absolute Gasteiger partial charge is 0.346 e. The zero-order valence-corrected chi connectivity index (χ0v) is 14.1. The molecule has 128 valence electrons. The standard InChI is InChI=1S/C19H20FN5/c1-12-9-22-17-16(12)18(24-11-23-17)25-10-19(4-6-21-7-5-19)14-8-13(20)2-3-15(14)25/h2-3,8-9,11,21H,4-7,10H2,1H3,(H,22,23,24). The van der Waals surface area contributed by atoms with Gasteiger partial charge in [-0.2, -0.15) is 0 Å². The molecule has 0 unspecified atom stereocenters. The lowest BCUT2D eigenvalue weighted by atomic mass is 9.75. The Morgan fingerprint density at radius 3 is 2.88 bits per heavy atom. The molecule has 2 aliphatic rings. The van der Waals surface area contributed by atoms with Crippen LogP contribution in [0.2, 0.25) is 0 Å². The number of hydrogen-bond acceptors (Lipinski definition) is 4. The molecular weight excluding hydrogens is 317 g/mol. The summed E-state index contributed by atoms with van der Waals surface area (Å²) in [6.07, 6.45) is 5.59. The van der Waals surface area contributed by atoms with Crippen LogP contribution >= 0.6 is 0 Å². The molecule has 2 aromatic heterocycles. The number of aromatic nitrogens is 3. The van der Waals surface area contributed by atoms with Crippen LogP contribution in [0.1, 0.15) is 24.0 Å². The topological polar surface area (TPSA) is 56.8 Å². The maximum absolute atomic E-state index is 14.0. The molecule has 1 saturated heterocycles. The van der Waals surface area contributed by atoms with E-state index in [0.29, 0.717) is 0 Å². The summed E-state index contributed by atoms with van der Waals surface area (Å²) in [6, 6.07) is 5.18. The summed E-state index contributed by atoms with van der Waals surface area (Å²) in [7, 11) is 0. The Kier molecular flexibility index (Phi) is 3.12. The molecule has 6 heteroatoms. The highest BCUT2D eigenvalue weighted by Crippen LogP contribution is 2.49. The zero-order valence-electron chi connectivity index (χ0n) is 14.1. The van der Waals surface area contributed by atoms with Gasteiger partial charge in [-0.15, -0.1) is 0 Å². The molecule has 5 rings (SSSR count). The number of rotatable bonds is 1. The minimum absolute atomic E-state index is 0.00975. The first-order valence-corrected chi connectivity index (χ1v) is 8.75. The molecule has 1 aromatic carbocycles. The van der Waals surface area contributed by atoms with Gasteiger partial charge >= 0.3 is 0 Å². The van der Waals surface area contributed by atoms with Crippen molar-refractivity contribution in [3.63, 3.8) is 0 Å².